The number of nitrogen functional groups attached to an aromatic ring is 1. The molecule has 1 fully saturated rings. The van der Waals surface area contributed by atoms with Gasteiger partial charge in [0.25, 0.3) is 0 Å². The van der Waals surface area contributed by atoms with Gasteiger partial charge in [-0.15, -0.1) is 0 Å². The van der Waals surface area contributed by atoms with E-state index < -0.39 is 0 Å². The smallest absolute Gasteiger partial charge is 0.340 e. The van der Waals surface area contributed by atoms with E-state index in [2.05, 4.69) is 12.2 Å². The second-order valence-electron chi connectivity index (χ2n) is 5.77. The van der Waals surface area contributed by atoms with Crippen molar-refractivity contribution in [1.29, 1.82) is 0 Å². The Morgan fingerprint density at radius 3 is 2.70 bits per heavy atom. The number of anilines is 2. The molecule has 0 atom stereocenters. The molecule has 1 saturated carbocycles. The van der Waals surface area contributed by atoms with Crippen LogP contribution in [-0.2, 0) is 4.74 Å². The predicted octanol–water partition coefficient (Wildman–Crippen LogP) is 3.58. The van der Waals surface area contributed by atoms with Gasteiger partial charge in [-0.05, 0) is 44.9 Å². The molecule has 0 unspecified atom stereocenters. The Kier molecular flexibility index (Phi) is 4.53. The third-order valence-electron chi connectivity index (χ3n) is 3.93. The summed E-state index contributed by atoms with van der Waals surface area (Å²) in [5.41, 5.74) is 7.77. The number of rotatable bonds is 4. The van der Waals surface area contributed by atoms with E-state index in [1.807, 2.05) is 12.1 Å². The van der Waals surface area contributed by atoms with Crippen molar-refractivity contribution in [3.63, 3.8) is 0 Å². The molecular formula is C16H24N2O2. The van der Waals surface area contributed by atoms with Crippen LogP contribution in [0.15, 0.2) is 18.2 Å². The quantitative estimate of drug-likeness (QED) is 0.651. The molecule has 0 saturated heterocycles. The summed E-state index contributed by atoms with van der Waals surface area (Å²) in [4.78, 5) is 12.0. The lowest BCUT2D eigenvalue weighted by molar-refractivity contribution is 0.0527. The van der Waals surface area contributed by atoms with Crippen molar-refractivity contribution < 1.29 is 9.53 Å². The first-order chi connectivity index (χ1) is 9.54. The van der Waals surface area contributed by atoms with Gasteiger partial charge in [-0.25, -0.2) is 4.79 Å². The molecule has 1 aromatic carbocycles. The van der Waals surface area contributed by atoms with E-state index in [1.54, 1.807) is 13.0 Å². The first-order valence-corrected chi connectivity index (χ1v) is 7.39. The molecule has 4 heteroatoms. The molecule has 0 aromatic heterocycles. The minimum absolute atomic E-state index is 0.0512. The van der Waals surface area contributed by atoms with Crippen LogP contribution in [-0.4, -0.2) is 18.1 Å². The molecule has 0 bridgehead atoms. The Morgan fingerprint density at radius 1 is 1.35 bits per heavy atom. The second-order valence-corrected chi connectivity index (χ2v) is 5.77. The van der Waals surface area contributed by atoms with Gasteiger partial charge >= 0.3 is 5.97 Å². The zero-order valence-corrected chi connectivity index (χ0v) is 12.4. The van der Waals surface area contributed by atoms with Crippen molar-refractivity contribution in [1.82, 2.24) is 0 Å². The van der Waals surface area contributed by atoms with Crippen molar-refractivity contribution in [2.45, 2.75) is 51.5 Å². The van der Waals surface area contributed by atoms with Crippen LogP contribution in [0, 0.1) is 0 Å². The number of nitrogens with two attached hydrogens (primary N) is 1. The van der Waals surface area contributed by atoms with Gasteiger partial charge in [-0.3, -0.25) is 0 Å². The van der Waals surface area contributed by atoms with Crippen LogP contribution in [0.1, 0.15) is 56.3 Å². The Morgan fingerprint density at radius 2 is 2.05 bits per heavy atom. The van der Waals surface area contributed by atoms with Gasteiger partial charge in [0.05, 0.1) is 12.2 Å². The molecule has 3 N–H and O–H groups in total. The van der Waals surface area contributed by atoms with Gasteiger partial charge < -0.3 is 15.8 Å². The van der Waals surface area contributed by atoms with Crippen molar-refractivity contribution in [2.24, 2.45) is 0 Å². The molecule has 110 valence electrons. The summed E-state index contributed by atoms with van der Waals surface area (Å²) in [6.07, 6.45) is 6.00. The highest BCUT2D eigenvalue weighted by Gasteiger charge is 2.28. The summed E-state index contributed by atoms with van der Waals surface area (Å²) in [6, 6.07) is 5.38. The topological polar surface area (TPSA) is 64.3 Å². The SMILES string of the molecule is CCOC(=O)c1cc(N)ccc1NC1(C)CCCCC1. The van der Waals surface area contributed by atoms with Gasteiger partial charge in [0, 0.05) is 16.9 Å². The molecule has 0 spiro atoms. The van der Waals surface area contributed by atoms with Crippen LogP contribution in [0.5, 0.6) is 0 Å². The minimum atomic E-state index is -0.318. The summed E-state index contributed by atoms with van der Waals surface area (Å²) in [7, 11) is 0. The highest BCUT2D eigenvalue weighted by atomic mass is 16.5. The van der Waals surface area contributed by atoms with E-state index >= 15 is 0 Å². The fraction of sp³-hybridized carbons (Fsp3) is 0.562. The van der Waals surface area contributed by atoms with E-state index in [0.29, 0.717) is 17.9 Å². The third-order valence-corrected chi connectivity index (χ3v) is 3.93. The fourth-order valence-electron chi connectivity index (χ4n) is 2.83. The first kappa shape index (κ1) is 14.7. The van der Waals surface area contributed by atoms with Gasteiger partial charge in [0.15, 0.2) is 0 Å². The van der Waals surface area contributed by atoms with Gasteiger partial charge in [-0.2, -0.15) is 0 Å². The van der Waals surface area contributed by atoms with E-state index in [1.165, 1.54) is 19.3 Å². The Bertz CT molecular complexity index is 479. The summed E-state index contributed by atoms with van der Waals surface area (Å²) in [5.74, 6) is -0.318. The Hall–Kier alpha value is -1.71. The largest absolute Gasteiger partial charge is 0.462 e. The summed E-state index contributed by atoms with van der Waals surface area (Å²) < 4.78 is 5.11. The molecule has 0 aliphatic heterocycles. The Labute approximate surface area is 120 Å². The van der Waals surface area contributed by atoms with E-state index in [4.69, 9.17) is 10.5 Å². The van der Waals surface area contributed by atoms with Crippen molar-refractivity contribution in [2.75, 3.05) is 17.7 Å². The molecule has 1 aliphatic carbocycles. The maximum absolute atomic E-state index is 12.0. The molecule has 0 radical (unpaired) electrons. The monoisotopic (exact) mass is 276 g/mol. The molecule has 0 heterocycles. The molecule has 1 aromatic rings. The molecule has 20 heavy (non-hydrogen) atoms. The molecule has 0 amide bonds. The standard InChI is InChI=1S/C16H24N2O2/c1-3-20-15(19)13-11-12(17)7-8-14(13)18-16(2)9-5-4-6-10-16/h7-8,11,18H,3-6,9-10,17H2,1-2H3. The average Bonchev–Trinajstić information content (AvgIpc) is 2.41. The summed E-state index contributed by atoms with van der Waals surface area (Å²) in [5, 5.41) is 3.54. The second kappa shape index (κ2) is 6.16. The number of hydrogen-bond donors (Lipinski definition) is 2. The molecular weight excluding hydrogens is 252 g/mol. The van der Waals surface area contributed by atoms with E-state index in [0.717, 1.165) is 18.5 Å². The maximum Gasteiger partial charge on any atom is 0.340 e. The highest BCUT2D eigenvalue weighted by Crippen LogP contribution is 2.33. The average molecular weight is 276 g/mol. The van der Waals surface area contributed by atoms with E-state index in [9.17, 15) is 4.79 Å². The Balaban J connectivity index is 2.24. The number of carbonyl (C=O) groups is 1. The fourth-order valence-corrected chi connectivity index (χ4v) is 2.83. The molecule has 4 nitrogen and oxygen atoms in total. The lowest BCUT2D eigenvalue weighted by Crippen LogP contribution is -2.37. The summed E-state index contributed by atoms with van der Waals surface area (Å²) in [6.45, 7) is 4.39. The first-order valence-electron chi connectivity index (χ1n) is 7.39. The third kappa shape index (κ3) is 3.44. The van der Waals surface area contributed by atoms with Gasteiger partial charge in [0.1, 0.15) is 0 Å². The van der Waals surface area contributed by atoms with Gasteiger partial charge in [0.2, 0.25) is 0 Å². The lowest BCUT2D eigenvalue weighted by Gasteiger charge is -2.36. The maximum atomic E-state index is 12.0. The van der Waals surface area contributed by atoms with E-state index in [-0.39, 0.29) is 11.5 Å². The molecule has 2 rings (SSSR count). The van der Waals surface area contributed by atoms with Crippen LogP contribution in [0.25, 0.3) is 0 Å². The van der Waals surface area contributed by atoms with Gasteiger partial charge in [-0.1, -0.05) is 19.3 Å². The van der Waals surface area contributed by atoms with Crippen LogP contribution in [0.2, 0.25) is 0 Å². The van der Waals surface area contributed by atoms with Crippen LogP contribution in [0.4, 0.5) is 11.4 Å². The number of nitrogens with one attached hydrogen (secondary N) is 1. The molecule has 1 aliphatic rings. The number of carbonyl (C=O) groups excluding carboxylic acids is 1. The zero-order valence-electron chi connectivity index (χ0n) is 12.4. The lowest BCUT2D eigenvalue weighted by atomic mass is 9.83. The van der Waals surface area contributed by atoms with Crippen molar-refractivity contribution in [3.8, 4) is 0 Å². The van der Waals surface area contributed by atoms with Crippen molar-refractivity contribution in [3.05, 3.63) is 23.8 Å². The van der Waals surface area contributed by atoms with Crippen LogP contribution >= 0.6 is 0 Å². The number of benzene rings is 1. The number of hydrogen-bond acceptors (Lipinski definition) is 4. The zero-order chi connectivity index (χ0) is 14.6. The highest BCUT2D eigenvalue weighted by molar-refractivity contribution is 5.96. The van der Waals surface area contributed by atoms with Crippen LogP contribution in [0.3, 0.4) is 0 Å². The summed E-state index contributed by atoms with van der Waals surface area (Å²) >= 11 is 0. The number of ether oxygens (including phenoxy) is 1. The van der Waals surface area contributed by atoms with Crippen molar-refractivity contribution >= 4 is 17.3 Å². The normalized spacial score (nSPS) is 17.5. The minimum Gasteiger partial charge on any atom is -0.462 e. The number of esters is 1. The predicted molar refractivity (Wildman–Crippen MR) is 81.9 cm³/mol. The van der Waals surface area contributed by atoms with Crippen LogP contribution < -0.4 is 11.1 Å².